The van der Waals surface area contributed by atoms with Gasteiger partial charge in [-0.15, -0.1) is 0 Å². The zero-order valence-electron chi connectivity index (χ0n) is 10.4. The van der Waals surface area contributed by atoms with Gasteiger partial charge in [0.1, 0.15) is 5.82 Å². The molecule has 0 saturated heterocycles. The van der Waals surface area contributed by atoms with Crippen LogP contribution in [0.1, 0.15) is 15.2 Å². The van der Waals surface area contributed by atoms with Crippen LogP contribution in [0.4, 0.5) is 9.52 Å². The molecular formula is C13H13FN2OS. The van der Waals surface area contributed by atoms with E-state index in [2.05, 4.69) is 4.98 Å². The molecule has 0 aliphatic heterocycles. The van der Waals surface area contributed by atoms with E-state index in [1.807, 2.05) is 19.0 Å². The summed E-state index contributed by atoms with van der Waals surface area (Å²) < 4.78 is 13.2. The Bertz CT molecular complexity index is 593. The van der Waals surface area contributed by atoms with Gasteiger partial charge in [0.2, 0.25) is 0 Å². The van der Waals surface area contributed by atoms with E-state index < -0.39 is 0 Å². The lowest BCUT2D eigenvalue weighted by atomic mass is 10.1. The number of nitrogens with zero attached hydrogens (tertiary/aromatic N) is 2. The Balaban J connectivity index is 2.55. The third kappa shape index (κ3) is 2.26. The summed E-state index contributed by atoms with van der Waals surface area (Å²) in [4.78, 5) is 17.9. The maximum absolute atomic E-state index is 13.2. The van der Waals surface area contributed by atoms with Crippen LogP contribution in [0.15, 0.2) is 18.2 Å². The molecule has 5 heteroatoms. The monoisotopic (exact) mass is 264 g/mol. The van der Waals surface area contributed by atoms with Gasteiger partial charge < -0.3 is 4.90 Å². The Kier molecular flexibility index (Phi) is 3.43. The largest absolute Gasteiger partial charge is 0.354 e. The molecule has 94 valence electrons. The van der Waals surface area contributed by atoms with Gasteiger partial charge >= 0.3 is 0 Å². The minimum atomic E-state index is -0.255. The first-order valence-corrected chi connectivity index (χ1v) is 6.24. The maximum atomic E-state index is 13.2. The lowest BCUT2D eigenvalue weighted by Gasteiger charge is -2.05. The van der Waals surface area contributed by atoms with Gasteiger partial charge in [0.15, 0.2) is 11.4 Å². The molecule has 1 heterocycles. The Morgan fingerprint density at radius 1 is 1.39 bits per heavy atom. The fourth-order valence-corrected chi connectivity index (χ4v) is 2.41. The molecule has 1 aromatic carbocycles. The number of carbonyl (C=O) groups is 1. The van der Waals surface area contributed by atoms with Gasteiger partial charge in [-0.25, -0.2) is 9.37 Å². The summed E-state index contributed by atoms with van der Waals surface area (Å²) in [6, 6.07) is 4.74. The summed E-state index contributed by atoms with van der Waals surface area (Å²) in [5.74, 6) is -0.255. The fraction of sp³-hybridized carbons (Fsp3) is 0.231. The molecule has 0 aliphatic rings. The molecule has 0 radical (unpaired) electrons. The van der Waals surface area contributed by atoms with Crippen molar-refractivity contribution in [2.75, 3.05) is 19.0 Å². The molecule has 1 aromatic heterocycles. The van der Waals surface area contributed by atoms with E-state index in [9.17, 15) is 9.18 Å². The maximum Gasteiger partial charge on any atom is 0.186 e. The van der Waals surface area contributed by atoms with Crippen molar-refractivity contribution in [1.82, 2.24) is 4.98 Å². The molecule has 3 nitrogen and oxygen atoms in total. The Morgan fingerprint density at radius 3 is 2.67 bits per heavy atom. The minimum absolute atomic E-state index is 0.255. The van der Waals surface area contributed by atoms with Crippen molar-refractivity contribution in [3.8, 4) is 11.3 Å². The molecule has 0 atom stereocenters. The van der Waals surface area contributed by atoms with E-state index >= 15 is 0 Å². The second-order valence-electron chi connectivity index (χ2n) is 4.19. The zero-order valence-corrected chi connectivity index (χ0v) is 11.2. The average Bonchev–Trinajstić information content (AvgIpc) is 2.77. The number of aryl methyl sites for hydroxylation is 1. The molecule has 18 heavy (non-hydrogen) atoms. The normalized spacial score (nSPS) is 10.4. The standard InChI is InChI=1S/C13H13FN2OS/c1-8-6-9(4-5-10(8)14)12-11(7-17)18-13(15-12)16(2)3/h4-7H,1-3H3. The number of aldehydes is 1. The average molecular weight is 264 g/mol. The van der Waals surface area contributed by atoms with Crippen LogP contribution < -0.4 is 4.90 Å². The predicted molar refractivity (Wildman–Crippen MR) is 72.0 cm³/mol. The summed E-state index contributed by atoms with van der Waals surface area (Å²) in [5, 5.41) is 0.758. The molecular weight excluding hydrogens is 251 g/mol. The van der Waals surface area contributed by atoms with Gasteiger partial charge in [0.05, 0.1) is 10.6 Å². The number of anilines is 1. The second kappa shape index (κ2) is 4.86. The quantitative estimate of drug-likeness (QED) is 0.798. The molecule has 0 spiro atoms. The van der Waals surface area contributed by atoms with Crippen LogP contribution in [-0.4, -0.2) is 25.4 Å². The lowest BCUT2D eigenvalue weighted by Crippen LogP contribution is -2.07. The van der Waals surface area contributed by atoms with Crippen molar-refractivity contribution in [3.05, 3.63) is 34.5 Å². The lowest BCUT2D eigenvalue weighted by molar-refractivity contribution is 0.112. The highest BCUT2D eigenvalue weighted by molar-refractivity contribution is 7.17. The first kappa shape index (κ1) is 12.7. The fourth-order valence-electron chi connectivity index (χ4n) is 1.59. The Labute approximate surface area is 109 Å². The molecule has 0 amide bonds. The smallest absolute Gasteiger partial charge is 0.186 e. The predicted octanol–water partition coefficient (Wildman–Crippen LogP) is 3.14. The number of rotatable bonds is 3. The third-order valence-corrected chi connectivity index (χ3v) is 3.71. The number of halogens is 1. The van der Waals surface area contributed by atoms with E-state index in [0.717, 1.165) is 17.0 Å². The molecule has 2 aromatic rings. The van der Waals surface area contributed by atoms with Gasteiger partial charge in [-0.05, 0) is 30.7 Å². The van der Waals surface area contributed by atoms with Gasteiger partial charge in [-0.2, -0.15) is 0 Å². The van der Waals surface area contributed by atoms with Gasteiger partial charge in [0, 0.05) is 19.7 Å². The van der Waals surface area contributed by atoms with Crippen molar-refractivity contribution in [1.29, 1.82) is 0 Å². The van der Waals surface area contributed by atoms with E-state index in [1.54, 1.807) is 19.1 Å². The van der Waals surface area contributed by atoms with E-state index in [0.29, 0.717) is 16.1 Å². The van der Waals surface area contributed by atoms with Crippen molar-refractivity contribution in [2.24, 2.45) is 0 Å². The van der Waals surface area contributed by atoms with Crippen LogP contribution in [0, 0.1) is 12.7 Å². The van der Waals surface area contributed by atoms with Crippen LogP contribution in [-0.2, 0) is 0 Å². The van der Waals surface area contributed by atoms with Crippen LogP contribution in [0.3, 0.4) is 0 Å². The summed E-state index contributed by atoms with van der Waals surface area (Å²) in [6.45, 7) is 1.69. The third-order valence-electron chi connectivity index (χ3n) is 2.56. The van der Waals surface area contributed by atoms with Crippen LogP contribution >= 0.6 is 11.3 Å². The molecule has 0 saturated carbocycles. The first-order chi connectivity index (χ1) is 8.52. The molecule has 0 aliphatic carbocycles. The summed E-state index contributed by atoms with van der Waals surface area (Å²) >= 11 is 1.33. The summed E-state index contributed by atoms with van der Waals surface area (Å²) in [5.41, 5.74) is 1.92. The Hall–Kier alpha value is -1.75. The number of aromatic nitrogens is 1. The highest BCUT2D eigenvalue weighted by atomic mass is 32.1. The highest BCUT2D eigenvalue weighted by Crippen LogP contribution is 2.31. The number of hydrogen-bond donors (Lipinski definition) is 0. The van der Waals surface area contributed by atoms with Crippen molar-refractivity contribution in [2.45, 2.75) is 6.92 Å². The number of thiazole rings is 1. The van der Waals surface area contributed by atoms with E-state index in [4.69, 9.17) is 0 Å². The number of hydrogen-bond acceptors (Lipinski definition) is 4. The molecule has 0 fully saturated rings. The SMILES string of the molecule is Cc1cc(-c2nc(N(C)C)sc2C=O)ccc1F. The zero-order chi connectivity index (χ0) is 13.3. The second-order valence-corrected chi connectivity index (χ2v) is 5.19. The topological polar surface area (TPSA) is 33.2 Å². The van der Waals surface area contributed by atoms with Crippen molar-refractivity contribution >= 4 is 22.8 Å². The summed E-state index contributed by atoms with van der Waals surface area (Å²) in [7, 11) is 3.74. The molecule has 0 bridgehead atoms. The van der Waals surface area contributed by atoms with Crippen LogP contribution in [0.25, 0.3) is 11.3 Å². The van der Waals surface area contributed by atoms with Gasteiger partial charge in [-0.3, -0.25) is 4.79 Å². The minimum Gasteiger partial charge on any atom is -0.354 e. The van der Waals surface area contributed by atoms with E-state index in [1.165, 1.54) is 17.4 Å². The molecule has 0 unspecified atom stereocenters. The van der Waals surface area contributed by atoms with Crippen LogP contribution in [0.2, 0.25) is 0 Å². The van der Waals surface area contributed by atoms with Crippen molar-refractivity contribution < 1.29 is 9.18 Å². The summed E-state index contributed by atoms with van der Waals surface area (Å²) in [6.07, 6.45) is 0.790. The van der Waals surface area contributed by atoms with Gasteiger partial charge in [0.25, 0.3) is 0 Å². The molecule has 2 rings (SSSR count). The van der Waals surface area contributed by atoms with Crippen molar-refractivity contribution in [3.63, 3.8) is 0 Å². The Morgan fingerprint density at radius 2 is 2.11 bits per heavy atom. The highest BCUT2D eigenvalue weighted by Gasteiger charge is 2.14. The number of benzene rings is 1. The first-order valence-electron chi connectivity index (χ1n) is 5.42. The van der Waals surface area contributed by atoms with Gasteiger partial charge in [-0.1, -0.05) is 11.3 Å². The van der Waals surface area contributed by atoms with Crippen LogP contribution in [0.5, 0.6) is 0 Å². The number of carbonyl (C=O) groups excluding carboxylic acids is 1. The van der Waals surface area contributed by atoms with E-state index in [-0.39, 0.29) is 5.82 Å². The molecule has 0 N–H and O–H groups in total.